The number of thiazole rings is 1. The van der Waals surface area contributed by atoms with Gasteiger partial charge in [0, 0.05) is 30.4 Å². The molecule has 0 saturated heterocycles. The fraction of sp³-hybridized carbons (Fsp3) is 0.286. The Hall–Kier alpha value is -2.93. The number of hydrogen-bond acceptors (Lipinski definition) is 5. The molecule has 28 heavy (non-hydrogen) atoms. The molecule has 0 fully saturated rings. The summed E-state index contributed by atoms with van der Waals surface area (Å²) in [5.74, 6) is 1.37. The highest BCUT2D eigenvalue weighted by atomic mass is 32.1. The maximum Gasteiger partial charge on any atom is 0.253 e. The molecule has 7 heteroatoms. The van der Waals surface area contributed by atoms with Crippen LogP contribution in [0.3, 0.4) is 0 Å². The second kappa shape index (κ2) is 7.59. The summed E-state index contributed by atoms with van der Waals surface area (Å²) in [6.45, 7) is 6.35. The molecular weight excluding hydrogens is 372 g/mol. The molecule has 0 bridgehead atoms. The zero-order valence-corrected chi connectivity index (χ0v) is 17.0. The van der Waals surface area contributed by atoms with Crippen LogP contribution in [0.1, 0.15) is 38.9 Å². The Morgan fingerprint density at radius 2 is 2.04 bits per heavy atom. The SMILES string of the molecule is Cc1cc(-n2c(C)cc(C(=O)NCCCc3nc4ccccc4s3)c2C)no1. The van der Waals surface area contributed by atoms with Crippen molar-refractivity contribution in [2.75, 3.05) is 6.54 Å². The van der Waals surface area contributed by atoms with E-state index in [2.05, 4.69) is 21.5 Å². The molecule has 1 amide bonds. The molecule has 3 heterocycles. The van der Waals surface area contributed by atoms with E-state index in [0.29, 0.717) is 17.9 Å². The van der Waals surface area contributed by atoms with Crippen LogP contribution in [0.25, 0.3) is 16.0 Å². The molecule has 0 spiro atoms. The van der Waals surface area contributed by atoms with Crippen molar-refractivity contribution in [3.8, 4) is 5.82 Å². The van der Waals surface area contributed by atoms with Crippen LogP contribution in [0.4, 0.5) is 0 Å². The number of carbonyl (C=O) groups excluding carboxylic acids is 1. The van der Waals surface area contributed by atoms with Crippen molar-refractivity contribution in [1.29, 1.82) is 0 Å². The zero-order chi connectivity index (χ0) is 19.7. The third-order valence-corrected chi connectivity index (χ3v) is 5.81. The highest BCUT2D eigenvalue weighted by Gasteiger charge is 2.18. The summed E-state index contributed by atoms with van der Waals surface area (Å²) in [4.78, 5) is 17.3. The number of fused-ring (bicyclic) bond motifs is 1. The number of carbonyl (C=O) groups is 1. The fourth-order valence-electron chi connectivity index (χ4n) is 3.37. The summed E-state index contributed by atoms with van der Waals surface area (Å²) < 4.78 is 8.31. The molecule has 4 aromatic rings. The number of aromatic nitrogens is 3. The first-order chi connectivity index (χ1) is 13.5. The van der Waals surface area contributed by atoms with Gasteiger partial charge in [-0.25, -0.2) is 4.98 Å². The number of aryl methyl sites for hydroxylation is 3. The molecule has 0 aliphatic carbocycles. The Morgan fingerprint density at radius 1 is 1.21 bits per heavy atom. The van der Waals surface area contributed by atoms with E-state index >= 15 is 0 Å². The Bertz CT molecular complexity index is 1110. The molecule has 1 N–H and O–H groups in total. The van der Waals surface area contributed by atoms with E-state index in [-0.39, 0.29) is 5.91 Å². The standard InChI is InChI=1S/C21H22N4O2S/c1-13-11-16(15(3)25(13)19-12-14(2)27-24-19)21(26)22-10-6-9-20-23-17-7-4-5-8-18(17)28-20/h4-5,7-8,11-12H,6,9-10H2,1-3H3,(H,22,26). The van der Waals surface area contributed by atoms with Gasteiger partial charge in [-0.2, -0.15) is 0 Å². The molecule has 0 radical (unpaired) electrons. The van der Waals surface area contributed by atoms with Crippen molar-refractivity contribution < 1.29 is 9.32 Å². The fourth-order valence-corrected chi connectivity index (χ4v) is 4.38. The second-order valence-corrected chi connectivity index (χ2v) is 7.97. The van der Waals surface area contributed by atoms with E-state index in [0.717, 1.165) is 40.5 Å². The molecule has 144 valence electrons. The summed E-state index contributed by atoms with van der Waals surface area (Å²) in [6.07, 6.45) is 1.71. The summed E-state index contributed by atoms with van der Waals surface area (Å²) in [6, 6.07) is 11.9. The van der Waals surface area contributed by atoms with Gasteiger partial charge in [0.05, 0.1) is 20.8 Å². The van der Waals surface area contributed by atoms with E-state index in [1.54, 1.807) is 11.3 Å². The number of hydrogen-bond donors (Lipinski definition) is 1. The van der Waals surface area contributed by atoms with Crippen LogP contribution >= 0.6 is 11.3 Å². The number of rotatable bonds is 6. The molecule has 0 atom stereocenters. The first kappa shape index (κ1) is 18.4. The Morgan fingerprint density at radius 3 is 2.79 bits per heavy atom. The lowest BCUT2D eigenvalue weighted by Crippen LogP contribution is -2.25. The molecule has 6 nitrogen and oxygen atoms in total. The van der Waals surface area contributed by atoms with Crippen LogP contribution in [-0.4, -0.2) is 27.2 Å². The van der Waals surface area contributed by atoms with Gasteiger partial charge in [0.2, 0.25) is 0 Å². The second-order valence-electron chi connectivity index (χ2n) is 6.85. The lowest BCUT2D eigenvalue weighted by atomic mass is 10.2. The minimum absolute atomic E-state index is 0.0659. The van der Waals surface area contributed by atoms with E-state index in [1.807, 2.05) is 55.7 Å². The van der Waals surface area contributed by atoms with Crippen molar-refractivity contribution in [2.24, 2.45) is 0 Å². The zero-order valence-electron chi connectivity index (χ0n) is 16.2. The summed E-state index contributed by atoms with van der Waals surface area (Å²) in [5, 5.41) is 8.19. The monoisotopic (exact) mass is 394 g/mol. The molecular formula is C21H22N4O2S. The van der Waals surface area contributed by atoms with E-state index in [4.69, 9.17) is 4.52 Å². The van der Waals surface area contributed by atoms with Gasteiger partial charge in [-0.15, -0.1) is 11.3 Å². The summed E-state index contributed by atoms with van der Waals surface area (Å²) in [5.41, 5.74) is 3.51. The van der Waals surface area contributed by atoms with Crippen LogP contribution in [0.15, 0.2) is 40.9 Å². The van der Waals surface area contributed by atoms with Crippen LogP contribution in [0, 0.1) is 20.8 Å². The highest BCUT2D eigenvalue weighted by Crippen LogP contribution is 2.23. The Labute approximate surface area is 167 Å². The van der Waals surface area contributed by atoms with Crippen molar-refractivity contribution in [1.82, 2.24) is 20.0 Å². The number of nitrogens with one attached hydrogen (secondary N) is 1. The molecule has 1 aromatic carbocycles. The first-order valence-electron chi connectivity index (χ1n) is 9.28. The van der Waals surface area contributed by atoms with Crippen molar-refractivity contribution in [3.05, 3.63) is 64.1 Å². The van der Waals surface area contributed by atoms with Gasteiger partial charge >= 0.3 is 0 Å². The normalized spacial score (nSPS) is 11.2. The average molecular weight is 395 g/mol. The largest absolute Gasteiger partial charge is 0.360 e. The predicted molar refractivity (Wildman–Crippen MR) is 110 cm³/mol. The van der Waals surface area contributed by atoms with E-state index in [9.17, 15) is 4.79 Å². The number of amides is 1. The van der Waals surface area contributed by atoms with Gasteiger partial charge in [-0.05, 0) is 45.4 Å². The molecule has 0 saturated carbocycles. The van der Waals surface area contributed by atoms with Crippen LogP contribution in [0.5, 0.6) is 0 Å². The highest BCUT2D eigenvalue weighted by molar-refractivity contribution is 7.18. The third-order valence-electron chi connectivity index (χ3n) is 4.71. The van der Waals surface area contributed by atoms with Gasteiger partial charge in [0.25, 0.3) is 5.91 Å². The lowest BCUT2D eigenvalue weighted by Gasteiger charge is -2.06. The average Bonchev–Trinajstić information content (AvgIpc) is 3.35. The van der Waals surface area contributed by atoms with Crippen molar-refractivity contribution >= 4 is 27.5 Å². The number of para-hydroxylation sites is 1. The van der Waals surface area contributed by atoms with Gasteiger partial charge < -0.3 is 9.84 Å². The summed E-state index contributed by atoms with van der Waals surface area (Å²) in [7, 11) is 0. The molecule has 0 aliphatic heterocycles. The lowest BCUT2D eigenvalue weighted by molar-refractivity contribution is 0.0952. The van der Waals surface area contributed by atoms with Crippen LogP contribution in [-0.2, 0) is 6.42 Å². The number of nitrogens with zero attached hydrogens (tertiary/aromatic N) is 3. The van der Waals surface area contributed by atoms with Gasteiger partial charge in [0.15, 0.2) is 5.82 Å². The third kappa shape index (κ3) is 3.57. The Balaban J connectivity index is 1.37. The van der Waals surface area contributed by atoms with E-state index < -0.39 is 0 Å². The van der Waals surface area contributed by atoms with E-state index in [1.165, 1.54) is 4.70 Å². The maximum absolute atomic E-state index is 12.6. The smallest absolute Gasteiger partial charge is 0.253 e. The molecule has 3 aromatic heterocycles. The minimum Gasteiger partial charge on any atom is -0.360 e. The van der Waals surface area contributed by atoms with Crippen LogP contribution in [0.2, 0.25) is 0 Å². The van der Waals surface area contributed by atoms with Crippen LogP contribution < -0.4 is 5.32 Å². The Kier molecular flexibility index (Phi) is 5.00. The summed E-state index contributed by atoms with van der Waals surface area (Å²) >= 11 is 1.72. The quantitative estimate of drug-likeness (QED) is 0.493. The van der Waals surface area contributed by atoms with Gasteiger partial charge in [-0.3, -0.25) is 9.36 Å². The molecule has 0 aliphatic rings. The molecule has 0 unspecified atom stereocenters. The first-order valence-corrected chi connectivity index (χ1v) is 10.1. The van der Waals surface area contributed by atoms with Crippen molar-refractivity contribution in [2.45, 2.75) is 33.6 Å². The van der Waals surface area contributed by atoms with Gasteiger partial charge in [0.1, 0.15) is 5.76 Å². The topological polar surface area (TPSA) is 73.0 Å². The minimum atomic E-state index is -0.0659. The van der Waals surface area contributed by atoms with Crippen molar-refractivity contribution in [3.63, 3.8) is 0 Å². The molecule has 4 rings (SSSR count). The maximum atomic E-state index is 12.6. The predicted octanol–water partition coefficient (Wildman–Crippen LogP) is 4.36. The van der Waals surface area contributed by atoms with Gasteiger partial charge in [-0.1, -0.05) is 17.3 Å². The number of benzene rings is 1.